The molecule has 0 atom stereocenters. The summed E-state index contributed by atoms with van der Waals surface area (Å²) in [5, 5.41) is 8.46. The van der Waals surface area contributed by atoms with Crippen molar-refractivity contribution in [1.82, 2.24) is 0 Å². The first-order valence-electron chi connectivity index (χ1n) is 3.78. The minimum Gasteiger partial charge on any atom is -0.458 e. The number of carbonyl (C=O) groups is 1. The standard InChI is InChI=1S/C9H14O3/c1-3-7-12-9(11)8(2)5-4-6-10/h3,5,10H,1,4,6-7H2,2H3. The highest BCUT2D eigenvalue weighted by atomic mass is 16.5. The highest BCUT2D eigenvalue weighted by Gasteiger charge is 2.02. The molecule has 0 unspecified atom stereocenters. The van der Waals surface area contributed by atoms with Crippen LogP contribution in [0.5, 0.6) is 0 Å². The van der Waals surface area contributed by atoms with Crippen LogP contribution in [0.4, 0.5) is 0 Å². The lowest BCUT2D eigenvalue weighted by Gasteiger charge is -2.00. The average molecular weight is 170 g/mol. The summed E-state index contributed by atoms with van der Waals surface area (Å²) < 4.78 is 4.74. The third-order valence-electron chi connectivity index (χ3n) is 1.23. The van der Waals surface area contributed by atoms with Crippen LogP contribution in [0.3, 0.4) is 0 Å². The van der Waals surface area contributed by atoms with E-state index in [0.717, 1.165) is 0 Å². The van der Waals surface area contributed by atoms with Crippen molar-refractivity contribution >= 4 is 5.97 Å². The van der Waals surface area contributed by atoms with Crippen molar-refractivity contribution in [2.24, 2.45) is 0 Å². The van der Waals surface area contributed by atoms with Crippen LogP contribution >= 0.6 is 0 Å². The van der Waals surface area contributed by atoms with E-state index in [4.69, 9.17) is 9.84 Å². The molecule has 12 heavy (non-hydrogen) atoms. The third kappa shape index (κ3) is 4.68. The summed E-state index contributed by atoms with van der Waals surface area (Å²) >= 11 is 0. The van der Waals surface area contributed by atoms with Crippen LogP contribution in [0.1, 0.15) is 13.3 Å². The maximum Gasteiger partial charge on any atom is 0.333 e. The molecule has 68 valence electrons. The zero-order valence-corrected chi connectivity index (χ0v) is 7.25. The predicted octanol–water partition coefficient (Wildman–Crippen LogP) is 1.04. The second-order valence-corrected chi connectivity index (χ2v) is 2.29. The Morgan fingerprint density at radius 1 is 1.67 bits per heavy atom. The van der Waals surface area contributed by atoms with Crippen molar-refractivity contribution in [3.8, 4) is 0 Å². The number of esters is 1. The molecular formula is C9H14O3. The quantitative estimate of drug-likeness (QED) is 0.381. The van der Waals surface area contributed by atoms with Gasteiger partial charge in [-0.3, -0.25) is 0 Å². The molecule has 3 heteroatoms. The maximum absolute atomic E-state index is 11.0. The van der Waals surface area contributed by atoms with Crippen molar-refractivity contribution in [3.63, 3.8) is 0 Å². The number of aliphatic hydroxyl groups excluding tert-OH is 1. The zero-order valence-electron chi connectivity index (χ0n) is 7.25. The summed E-state index contributed by atoms with van der Waals surface area (Å²) in [7, 11) is 0. The van der Waals surface area contributed by atoms with Crippen molar-refractivity contribution < 1.29 is 14.6 Å². The fourth-order valence-corrected chi connectivity index (χ4v) is 0.613. The molecule has 0 fully saturated rings. The van der Waals surface area contributed by atoms with Gasteiger partial charge in [-0.25, -0.2) is 4.79 Å². The van der Waals surface area contributed by atoms with Crippen molar-refractivity contribution in [1.29, 1.82) is 0 Å². The van der Waals surface area contributed by atoms with Gasteiger partial charge in [-0.15, -0.1) is 0 Å². The molecular weight excluding hydrogens is 156 g/mol. The molecule has 0 aromatic carbocycles. The first-order valence-corrected chi connectivity index (χ1v) is 3.78. The summed E-state index contributed by atoms with van der Waals surface area (Å²) in [4.78, 5) is 11.0. The number of ether oxygens (including phenoxy) is 1. The molecule has 0 rings (SSSR count). The summed E-state index contributed by atoms with van der Waals surface area (Å²) in [6.45, 7) is 5.34. The summed E-state index contributed by atoms with van der Waals surface area (Å²) in [5.41, 5.74) is 0.519. The van der Waals surface area contributed by atoms with E-state index in [1.807, 2.05) is 0 Å². The normalized spacial score (nSPS) is 11.0. The van der Waals surface area contributed by atoms with Gasteiger partial charge in [0, 0.05) is 12.2 Å². The van der Waals surface area contributed by atoms with E-state index in [9.17, 15) is 4.79 Å². The second kappa shape index (κ2) is 6.61. The maximum atomic E-state index is 11.0. The topological polar surface area (TPSA) is 46.5 Å². The largest absolute Gasteiger partial charge is 0.458 e. The minimum atomic E-state index is -0.358. The van der Waals surface area contributed by atoms with Crippen molar-refractivity contribution in [3.05, 3.63) is 24.3 Å². The lowest BCUT2D eigenvalue weighted by atomic mass is 10.2. The molecule has 0 saturated carbocycles. The van der Waals surface area contributed by atoms with Gasteiger partial charge in [0.25, 0.3) is 0 Å². The van der Waals surface area contributed by atoms with Crippen LogP contribution < -0.4 is 0 Å². The lowest BCUT2D eigenvalue weighted by molar-refractivity contribution is -0.137. The smallest absolute Gasteiger partial charge is 0.333 e. The van der Waals surface area contributed by atoms with Crippen LogP contribution in [-0.4, -0.2) is 24.3 Å². The molecule has 0 heterocycles. The SMILES string of the molecule is C=CCOC(=O)C(C)=CCCO. The average Bonchev–Trinajstić information content (AvgIpc) is 2.10. The molecule has 0 aliphatic heterocycles. The molecule has 3 nitrogen and oxygen atoms in total. The van der Waals surface area contributed by atoms with Gasteiger partial charge in [-0.1, -0.05) is 18.7 Å². The van der Waals surface area contributed by atoms with E-state index in [0.29, 0.717) is 12.0 Å². The Hall–Kier alpha value is -1.09. The first-order chi connectivity index (χ1) is 5.72. The second-order valence-electron chi connectivity index (χ2n) is 2.29. The molecule has 0 radical (unpaired) electrons. The van der Waals surface area contributed by atoms with Gasteiger partial charge in [0.2, 0.25) is 0 Å². The summed E-state index contributed by atoms with van der Waals surface area (Å²) in [5.74, 6) is -0.358. The van der Waals surface area contributed by atoms with Gasteiger partial charge >= 0.3 is 5.97 Å². The van der Waals surface area contributed by atoms with Gasteiger partial charge in [-0.05, 0) is 13.3 Å². The molecule has 0 spiro atoms. The Balaban J connectivity index is 3.82. The number of hydrogen-bond acceptors (Lipinski definition) is 3. The van der Waals surface area contributed by atoms with E-state index in [1.165, 1.54) is 6.08 Å². The van der Waals surface area contributed by atoms with E-state index < -0.39 is 0 Å². The Morgan fingerprint density at radius 3 is 2.83 bits per heavy atom. The van der Waals surface area contributed by atoms with Crippen molar-refractivity contribution in [2.75, 3.05) is 13.2 Å². The zero-order chi connectivity index (χ0) is 9.40. The molecule has 0 aliphatic rings. The fraction of sp³-hybridized carbons (Fsp3) is 0.444. The van der Waals surface area contributed by atoms with Gasteiger partial charge in [0.1, 0.15) is 6.61 Å². The Kier molecular flexibility index (Phi) is 6.01. The number of hydrogen-bond donors (Lipinski definition) is 1. The van der Waals surface area contributed by atoms with Gasteiger partial charge in [-0.2, -0.15) is 0 Å². The molecule has 0 amide bonds. The fourth-order valence-electron chi connectivity index (χ4n) is 0.613. The molecule has 0 aliphatic carbocycles. The predicted molar refractivity (Wildman–Crippen MR) is 46.6 cm³/mol. The Labute approximate surface area is 72.3 Å². The van der Waals surface area contributed by atoms with E-state index in [2.05, 4.69) is 6.58 Å². The Bertz CT molecular complexity index is 182. The van der Waals surface area contributed by atoms with Crippen LogP contribution in [-0.2, 0) is 9.53 Å². The minimum absolute atomic E-state index is 0.0477. The van der Waals surface area contributed by atoms with Crippen LogP contribution in [0.15, 0.2) is 24.3 Å². The van der Waals surface area contributed by atoms with Crippen LogP contribution in [0.2, 0.25) is 0 Å². The highest BCUT2D eigenvalue weighted by Crippen LogP contribution is 1.98. The van der Waals surface area contributed by atoms with Gasteiger partial charge < -0.3 is 9.84 Å². The first kappa shape index (κ1) is 10.9. The van der Waals surface area contributed by atoms with Crippen LogP contribution in [0.25, 0.3) is 0 Å². The van der Waals surface area contributed by atoms with E-state index in [-0.39, 0.29) is 19.2 Å². The molecule has 0 saturated heterocycles. The van der Waals surface area contributed by atoms with Crippen LogP contribution in [0, 0.1) is 0 Å². The monoisotopic (exact) mass is 170 g/mol. The molecule has 0 aromatic rings. The van der Waals surface area contributed by atoms with Crippen molar-refractivity contribution in [2.45, 2.75) is 13.3 Å². The number of rotatable bonds is 5. The van der Waals surface area contributed by atoms with E-state index in [1.54, 1.807) is 13.0 Å². The lowest BCUT2D eigenvalue weighted by Crippen LogP contribution is -2.05. The van der Waals surface area contributed by atoms with Gasteiger partial charge in [0.15, 0.2) is 0 Å². The van der Waals surface area contributed by atoms with Gasteiger partial charge in [0.05, 0.1) is 0 Å². The number of carbonyl (C=O) groups excluding carboxylic acids is 1. The summed E-state index contributed by atoms with van der Waals surface area (Å²) in [6, 6.07) is 0. The molecule has 1 N–H and O–H groups in total. The van der Waals surface area contributed by atoms with E-state index >= 15 is 0 Å². The molecule has 0 aromatic heterocycles. The Morgan fingerprint density at radius 2 is 2.33 bits per heavy atom. The molecule has 0 bridgehead atoms. The number of aliphatic hydroxyl groups is 1. The third-order valence-corrected chi connectivity index (χ3v) is 1.23. The highest BCUT2D eigenvalue weighted by molar-refractivity contribution is 5.87. The summed E-state index contributed by atoms with van der Waals surface area (Å²) in [6.07, 6.45) is 3.64.